The van der Waals surface area contributed by atoms with E-state index >= 15 is 0 Å². The molecule has 29 heavy (non-hydrogen) atoms. The Morgan fingerprint density at radius 1 is 1.17 bits per heavy atom. The topological polar surface area (TPSA) is 76.8 Å². The van der Waals surface area contributed by atoms with E-state index in [2.05, 4.69) is 39.0 Å². The SMILES string of the molecule is CC(C)CN1CCC[C@@H](C(=O)Cc2cc3cc(-c4cn(C)nn4)ncc3cn2)C1. The second-order valence-corrected chi connectivity index (χ2v) is 8.51. The minimum Gasteiger partial charge on any atom is -0.302 e. The molecule has 1 aliphatic heterocycles. The number of carbonyl (C=O) groups is 1. The van der Waals surface area contributed by atoms with Crippen LogP contribution >= 0.6 is 0 Å². The van der Waals surface area contributed by atoms with Crippen LogP contribution < -0.4 is 0 Å². The lowest BCUT2D eigenvalue weighted by Gasteiger charge is -2.33. The maximum atomic E-state index is 12.9. The van der Waals surface area contributed by atoms with Crippen LogP contribution in [0.25, 0.3) is 22.2 Å². The van der Waals surface area contributed by atoms with E-state index in [4.69, 9.17) is 0 Å². The molecule has 0 bridgehead atoms. The summed E-state index contributed by atoms with van der Waals surface area (Å²) < 4.78 is 1.66. The predicted octanol–water partition coefficient (Wildman–Crippen LogP) is 2.90. The number of fused-ring (bicyclic) bond motifs is 1. The first-order valence-corrected chi connectivity index (χ1v) is 10.3. The highest BCUT2D eigenvalue weighted by Gasteiger charge is 2.26. The number of rotatable bonds is 6. The van der Waals surface area contributed by atoms with Crippen molar-refractivity contribution in [3.8, 4) is 11.4 Å². The van der Waals surface area contributed by atoms with Crippen LogP contribution in [0.5, 0.6) is 0 Å². The largest absolute Gasteiger partial charge is 0.302 e. The Hall–Kier alpha value is -2.67. The molecule has 4 rings (SSSR count). The second-order valence-electron chi connectivity index (χ2n) is 8.51. The molecular weight excluding hydrogens is 364 g/mol. The molecule has 3 aromatic rings. The molecule has 0 N–H and O–H groups in total. The summed E-state index contributed by atoms with van der Waals surface area (Å²) in [5, 5.41) is 10.1. The Morgan fingerprint density at radius 3 is 2.76 bits per heavy atom. The van der Waals surface area contributed by atoms with Gasteiger partial charge in [-0.05, 0) is 42.8 Å². The number of carbonyl (C=O) groups excluding carboxylic acids is 1. The monoisotopic (exact) mass is 392 g/mol. The summed E-state index contributed by atoms with van der Waals surface area (Å²) in [6.45, 7) is 7.51. The summed E-state index contributed by atoms with van der Waals surface area (Å²) in [7, 11) is 1.83. The van der Waals surface area contributed by atoms with Crippen molar-refractivity contribution in [1.29, 1.82) is 0 Å². The van der Waals surface area contributed by atoms with Crippen molar-refractivity contribution >= 4 is 16.6 Å². The molecule has 4 heterocycles. The van der Waals surface area contributed by atoms with Crippen molar-refractivity contribution in [2.45, 2.75) is 33.1 Å². The molecule has 152 valence electrons. The van der Waals surface area contributed by atoms with E-state index in [1.807, 2.05) is 25.4 Å². The van der Waals surface area contributed by atoms with Gasteiger partial charge >= 0.3 is 0 Å². The fourth-order valence-corrected chi connectivity index (χ4v) is 4.11. The molecule has 1 saturated heterocycles. The molecule has 1 aliphatic rings. The number of ketones is 1. The number of aryl methyl sites for hydroxylation is 1. The van der Waals surface area contributed by atoms with Gasteiger partial charge in [-0.25, -0.2) is 0 Å². The van der Waals surface area contributed by atoms with Crippen LogP contribution in [0.1, 0.15) is 32.4 Å². The lowest BCUT2D eigenvalue weighted by molar-refractivity contribution is -0.124. The van der Waals surface area contributed by atoms with Crippen molar-refractivity contribution < 1.29 is 4.79 Å². The Bertz CT molecular complexity index is 1010. The zero-order valence-corrected chi connectivity index (χ0v) is 17.4. The number of aromatic nitrogens is 5. The Balaban J connectivity index is 1.49. The molecule has 7 nitrogen and oxygen atoms in total. The predicted molar refractivity (Wildman–Crippen MR) is 112 cm³/mol. The third-order valence-electron chi connectivity index (χ3n) is 5.46. The number of hydrogen-bond donors (Lipinski definition) is 0. The van der Waals surface area contributed by atoms with Crippen LogP contribution in [0.4, 0.5) is 0 Å². The van der Waals surface area contributed by atoms with Crippen LogP contribution in [0.15, 0.2) is 30.7 Å². The van der Waals surface area contributed by atoms with Gasteiger partial charge < -0.3 is 4.90 Å². The molecule has 0 unspecified atom stereocenters. The van der Waals surface area contributed by atoms with Crippen LogP contribution in [0.2, 0.25) is 0 Å². The maximum Gasteiger partial charge on any atom is 0.143 e. The fourth-order valence-electron chi connectivity index (χ4n) is 4.11. The molecular formula is C22H28N6O. The molecule has 3 aromatic heterocycles. The van der Waals surface area contributed by atoms with Crippen LogP contribution in [-0.2, 0) is 18.3 Å². The third kappa shape index (κ3) is 4.67. The first-order valence-electron chi connectivity index (χ1n) is 10.3. The van der Waals surface area contributed by atoms with Gasteiger partial charge in [-0.15, -0.1) is 5.10 Å². The zero-order valence-electron chi connectivity index (χ0n) is 17.4. The van der Waals surface area contributed by atoms with Gasteiger partial charge in [-0.2, -0.15) is 0 Å². The van der Waals surface area contributed by atoms with Gasteiger partial charge in [-0.1, -0.05) is 19.1 Å². The lowest BCUT2D eigenvalue weighted by Crippen LogP contribution is -2.40. The van der Waals surface area contributed by atoms with Crippen LogP contribution in [-0.4, -0.2) is 55.3 Å². The van der Waals surface area contributed by atoms with Gasteiger partial charge in [0.25, 0.3) is 0 Å². The third-order valence-corrected chi connectivity index (χ3v) is 5.46. The number of nitrogens with zero attached hydrogens (tertiary/aromatic N) is 6. The highest BCUT2D eigenvalue weighted by molar-refractivity contribution is 5.87. The average molecular weight is 393 g/mol. The minimum atomic E-state index is 0.118. The molecule has 7 heteroatoms. The summed E-state index contributed by atoms with van der Waals surface area (Å²) in [6, 6.07) is 3.99. The summed E-state index contributed by atoms with van der Waals surface area (Å²) in [5.74, 6) is 1.05. The van der Waals surface area contributed by atoms with Crippen LogP contribution in [0, 0.1) is 11.8 Å². The highest BCUT2D eigenvalue weighted by Crippen LogP contribution is 2.23. The molecule has 0 radical (unpaired) electrons. The summed E-state index contributed by atoms with van der Waals surface area (Å²) in [5.41, 5.74) is 2.32. The van der Waals surface area contributed by atoms with Gasteiger partial charge in [0.1, 0.15) is 11.5 Å². The van der Waals surface area contributed by atoms with Crippen molar-refractivity contribution in [3.05, 3.63) is 36.4 Å². The molecule has 0 aromatic carbocycles. The normalized spacial score (nSPS) is 17.9. The summed E-state index contributed by atoms with van der Waals surface area (Å²) >= 11 is 0. The molecule has 0 saturated carbocycles. The van der Waals surface area contributed by atoms with Crippen molar-refractivity contribution in [2.75, 3.05) is 19.6 Å². The number of piperidine rings is 1. The lowest BCUT2D eigenvalue weighted by atomic mass is 9.91. The van der Waals surface area contributed by atoms with Gasteiger partial charge in [0.2, 0.25) is 0 Å². The second kappa shape index (κ2) is 8.37. The van der Waals surface area contributed by atoms with E-state index in [-0.39, 0.29) is 5.92 Å². The van der Waals surface area contributed by atoms with Crippen molar-refractivity contribution in [3.63, 3.8) is 0 Å². The minimum absolute atomic E-state index is 0.118. The first-order chi connectivity index (χ1) is 14.0. The Labute approximate surface area is 171 Å². The first kappa shape index (κ1) is 19.6. The number of likely N-dealkylation sites (tertiary alicyclic amines) is 1. The van der Waals surface area contributed by atoms with E-state index in [1.54, 1.807) is 17.1 Å². The molecule has 1 atom stereocenters. The van der Waals surface area contributed by atoms with Gasteiger partial charge in [-0.3, -0.25) is 19.4 Å². The fraction of sp³-hybridized carbons (Fsp3) is 0.500. The van der Waals surface area contributed by atoms with Crippen molar-refractivity contribution in [1.82, 2.24) is 29.9 Å². The van der Waals surface area contributed by atoms with E-state index in [9.17, 15) is 4.79 Å². The quantitative estimate of drug-likeness (QED) is 0.642. The maximum absolute atomic E-state index is 12.9. The smallest absolute Gasteiger partial charge is 0.143 e. The number of pyridine rings is 2. The van der Waals surface area contributed by atoms with E-state index in [0.29, 0.717) is 18.1 Å². The zero-order chi connectivity index (χ0) is 20.4. The van der Waals surface area contributed by atoms with Gasteiger partial charge in [0.05, 0.1) is 11.9 Å². The van der Waals surface area contributed by atoms with Gasteiger partial charge in [0, 0.05) is 55.9 Å². The summed E-state index contributed by atoms with van der Waals surface area (Å²) in [4.78, 5) is 24.3. The van der Waals surface area contributed by atoms with E-state index in [1.165, 1.54) is 0 Å². The Morgan fingerprint density at radius 2 is 2.00 bits per heavy atom. The summed E-state index contributed by atoms with van der Waals surface area (Å²) in [6.07, 6.45) is 7.91. The Kier molecular flexibility index (Phi) is 5.67. The number of Topliss-reactive ketones (excluding diaryl/α,β-unsaturated/α-hetero) is 1. The molecule has 0 spiro atoms. The van der Waals surface area contributed by atoms with Crippen LogP contribution in [0.3, 0.4) is 0 Å². The van der Waals surface area contributed by atoms with Gasteiger partial charge in [0.15, 0.2) is 0 Å². The average Bonchev–Trinajstić information content (AvgIpc) is 3.13. The van der Waals surface area contributed by atoms with E-state index in [0.717, 1.165) is 60.3 Å². The molecule has 1 fully saturated rings. The highest BCUT2D eigenvalue weighted by atomic mass is 16.1. The van der Waals surface area contributed by atoms with Crippen molar-refractivity contribution in [2.24, 2.45) is 18.9 Å². The number of hydrogen-bond acceptors (Lipinski definition) is 6. The molecule has 0 amide bonds. The van der Waals surface area contributed by atoms with E-state index < -0.39 is 0 Å². The standard InChI is InChI=1S/C22H28N6O/c1-15(2)12-28-6-4-5-16(13-28)22(29)9-19-7-17-8-20(21-14-27(3)26-25-21)24-11-18(17)10-23-19/h7-8,10-11,14-16H,4-6,9,12-13H2,1-3H3/t16-/m1/s1. The molecule has 0 aliphatic carbocycles.